The molecule has 1 amide bonds. The minimum Gasteiger partial charge on any atom is -0.378 e. The zero-order valence-electron chi connectivity index (χ0n) is 18.1. The standard InChI is InChI=1S/C26H27N3O2/c1-18(30)27-22-12-9-20(10-13-22)25-15-21-11-14-23(28(2)3)16-24(21)26(31)29(25)17-19-7-5-4-6-8-19/h4-7,9-16,19H,8,17H2,1-3H3,(H,27,30). The van der Waals surface area contributed by atoms with Crippen LogP contribution in [0.1, 0.15) is 13.3 Å². The van der Waals surface area contributed by atoms with Gasteiger partial charge in [0.05, 0.1) is 5.69 Å². The summed E-state index contributed by atoms with van der Waals surface area (Å²) in [5.41, 5.74) is 3.59. The average molecular weight is 414 g/mol. The highest BCUT2D eigenvalue weighted by molar-refractivity contribution is 5.90. The molecule has 1 heterocycles. The maximum Gasteiger partial charge on any atom is 0.258 e. The van der Waals surface area contributed by atoms with E-state index in [0.717, 1.165) is 39.8 Å². The first-order valence-corrected chi connectivity index (χ1v) is 10.5. The fraction of sp³-hybridized carbons (Fsp3) is 0.231. The normalized spacial score (nSPS) is 15.3. The Morgan fingerprint density at radius 3 is 2.52 bits per heavy atom. The quantitative estimate of drug-likeness (QED) is 0.652. The van der Waals surface area contributed by atoms with Crippen molar-refractivity contribution in [1.29, 1.82) is 0 Å². The summed E-state index contributed by atoms with van der Waals surface area (Å²) in [6.45, 7) is 2.10. The van der Waals surface area contributed by atoms with Crippen molar-refractivity contribution in [2.75, 3.05) is 24.3 Å². The number of nitrogens with one attached hydrogen (secondary N) is 1. The highest BCUT2D eigenvalue weighted by atomic mass is 16.1. The van der Waals surface area contributed by atoms with Crippen molar-refractivity contribution in [2.24, 2.45) is 5.92 Å². The molecule has 0 fully saturated rings. The van der Waals surface area contributed by atoms with Crippen LogP contribution >= 0.6 is 0 Å². The number of hydrogen-bond donors (Lipinski definition) is 1. The van der Waals surface area contributed by atoms with Crippen LogP contribution in [0.5, 0.6) is 0 Å². The second kappa shape index (κ2) is 8.64. The highest BCUT2D eigenvalue weighted by Crippen LogP contribution is 2.27. The maximum atomic E-state index is 13.6. The van der Waals surface area contributed by atoms with Gasteiger partial charge >= 0.3 is 0 Å². The third kappa shape index (κ3) is 4.45. The molecule has 31 heavy (non-hydrogen) atoms. The number of anilines is 2. The van der Waals surface area contributed by atoms with Crippen molar-refractivity contribution in [2.45, 2.75) is 19.9 Å². The monoisotopic (exact) mass is 413 g/mol. The molecule has 0 saturated heterocycles. The molecule has 158 valence electrons. The second-order valence-corrected chi connectivity index (χ2v) is 8.18. The lowest BCUT2D eigenvalue weighted by Gasteiger charge is -2.20. The number of fused-ring (bicyclic) bond motifs is 1. The van der Waals surface area contributed by atoms with Gasteiger partial charge in [-0.15, -0.1) is 0 Å². The number of rotatable bonds is 5. The van der Waals surface area contributed by atoms with Gasteiger partial charge in [-0.05, 0) is 53.6 Å². The SMILES string of the molecule is CC(=O)Nc1ccc(-c2cc3ccc(N(C)C)cc3c(=O)n2CC2C=CC=CC2)cc1. The van der Waals surface area contributed by atoms with Crippen LogP contribution in [0.15, 0.2) is 77.6 Å². The van der Waals surface area contributed by atoms with E-state index in [0.29, 0.717) is 6.54 Å². The van der Waals surface area contributed by atoms with Crippen LogP contribution in [-0.4, -0.2) is 24.6 Å². The smallest absolute Gasteiger partial charge is 0.258 e. The summed E-state index contributed by atoms with van der Waals surface area (Å²) >= 11 is 0. The molecule has 4 rings (SSSR count). The van der Waals surface area contributed by atoms with E-state index in [1.165, 1.54) is 6.92 Å². The molecule has 1 atom stereocenters. The molecular formula is C26H27N3O2. The van der Waals surface area contributed by atoms with Gasteiger partial charge in [0, 0.05) is 44.3 Å². The summed E-state index contributed by atoms with van der Waals surface area (Å²) in [4.78, 5) is 27.0. The predicted octanol–water partition coefficient (Wildman–Crippen LogP) is 4.83. The second-order valence-electron chi connectivity index (χ2n) is 8.18. The third-order valence-corrected chi connectivity index (χ3v) is 5.60. The Kier molecular flexibility index (Phi) is 5.76. The van der Waals surface area contributed by atoms with Gasteiger partial charge in [-0.3, -0.25) is 9.59 Å². The van der Waals surface area contributed by atoms with Crippen LogP contribution in [-0.2, 0) is 11.3 Å². The van der Waals surface area contributed by atoms with E-state index in [-0.39, 0.29) is 17.4 Å². The minimum atomic E-state index is -0.107. The van der Waals surface area contributed by atoms with Gasteiger partial charge in [0.2, 0.25) is 5.91 Å². The van der Waals surface area contributed by atoms with Crippen LogP contribution in [0.3, 0.4) is 0 Å². The van der Waals surface area contributed by atoms with E-state index in [1.54, 1.807) is 0 Å². The fourth-order valence-electron chi connectivity index (χ4n) is 3.96. The first-order chi connectivity index (χ1) is 14.9. The summed E-state index contributed by atoms with van der Waals surface area (Å²) in [6, 6.07) is 15.7. The zero-order valence-corrected chi connectivity index (χ0v) is 18.1. The van der Waals surface area contributed by atoms with E-state index < -0.39 is 0 Å². The van der Waals surface area contributed by atoms with Crippen molar-refractivity contribution in [3.8, 4) is 11.3 Å². The Balaban J connectivity index is 1.85. The van der Waals surface area contributed by atoms with E-state index in [9.17, 15) is 9.59 Å². The molecule has 1 unspecified atom stereocenters. The summed E-state index contributed by atoms with van der Waals surface area (Å²) in [5.74, 6) is 0.166. The number of allylic oxidation sites excluding steroid dienone is 4. The lowest BCUT2D eigenvalue weighted by atomic mass is 9.99. The Morgan fingerprint density at radius 1 is 1.10 bits per heavy atom. The summed E-state index contributed by atoms with van der Waals surface area (Å²) in [6.07, 6.45) is 9.32. The first kappa shape index (κ1) is 20.7. The van der Waals surface area contributed by atoms with Crippen molar-refractivity contribution in [3.63, 3.8) is 0 Å². The van der Waals surface area contributed by atoms with Crippen LogP contribution in [0, 0.1) is 5.92 Å². The van der Waals surface area contributed by atoms with Crippen LogP contribution in [0.25, 0.3) is 22.0 Å². The van der Waals surface area contributed by atoms with Gasteiger partial charge in [0.15, 0.2) is 0 Å². The first-order valence-electron chi connectivity index (χ1n) is 10.5. The molecule has 0 saturated carbocycles. The van der Waals surface area contributed by atoms with Crippen LogP contribution < -0.4 is 15.8 Å². The molecule has 3 aromatic rings. The summed E-state index contributed by atoms with van der Waals surface area (Å²) in [7, 11) is 3.95. The highest BCUT2D eigenvalue weighted by Gasteiger charge is 2.16. The molecule has 0 aliphatic heterocycles. The number of benzene rings is 2. The van der Waals surface area contributed by atoms with Crippen molar-refractivity contribution in [1.82, 2.24) is 4.57 Å². The average Bonchev–Trinajstić information content (AvgIpc) is 2.76. The van der Waals surface area contributed by atoms with E-state index in [4.69, 9.17) is 0 Å². The lowest BCUT2D eigenvalue weighted by molar-refractivity contribution is -0.114. The van der Waals surface area contributed by atoms with Gasteiger partial charge in [0.1, 0.15) is 0 Å². The molecule has 1 aromatic heterocycles. The number of aromatic nitrogens is 1. The lowest BCUT2D eigenvalue weighted by Crippen LogP contribution is -2.25. The number of carbonyl (C=O) groups is 1. The number of amides is 1. The number of pyridine rings is 1. The molecule has 1 aliphatic rings. The topological polar surface area (TPSA) is 54.3 Å². The predicted molar refractivity (Wildman–Crippen MR) is 129 cm³/mol. The fourth-order valence-corrected chi connectivity index (χ4v) is 3.96. The van der Waals surface area contributed by atoms with Crippen molar-refractivity contribution in [3.05, 3.63) is 83.2 Å². The largest absolute Gasteiger partial charge is 0.378 e. The Morgan fingerprint density at radius 2 is 1.87 bits per heavy atom. The van der Waals surface area contributed by atoms with Crippen molar-refractivity contribution >= 4 is 28.1 Å². The van der Waals surface area contributed by atoms with Gasteiger partial charge in [-0.1, -0.05) is 42.5 Å². The summed E-state index contributed by atoms with van der Waals surface area (Å²) < 4.78 is 1.89. The zero-order chi connectivity index (χ0) is 22.0. The molecule has 1 aliphatic carbocycles. The Hall–Kier alpha value is -3.60. The number of hydrogen-bond acceptors (Lipinski definition) is 3. The molecule has 2 aromatic carbocycles. The van der Waals surface area contributed by atoms with Gasteiger partial charge in [-0.25, -0.2) is 0 Å². The maximum absolute atomic E-state index is 13.6. The molecule has 0 radical (unpaired) electrons. The molecular weight excluding hydrogens is 386 g/mol. The van der Waals surface area contributed by atoms with Gasteiger partial charge in [0.25, 0.3) is 5.56 Å². The molecule has 0 bridgehead atoms. The third-order valence-electron chi connectivity index (χ3n) is 5.60. The summed E-state index contributed by atoms with van der Waals surface area (Å²) in [5, 5.41) is 4.44. The minimum absolute atomic E-state index is 0.0186. The van der Waals surface area contributed by atoms with Crippen LogP contribution in [0.2, 0.25) is 0 Å². The number of nitrogens with zero attached hydrogens (tertiary/aromatic N) is 2. The van der Waals surface area contributed by atoms with Gasteiger partial charge in [-0.2, -0.15) is 0 Å². The van der Waals surface area contributed by atoms with E-state index in [1.807, 2.05) is 78.2 Å². The Labute approximate surface area is 182 Å². The van der Waals surface area contributed by atoms with Crippen molar-refractivity contribution < 1.29 is 4.79 Å². The van der Waals surface area contributed by atoms with E-state index in [2.05, 4.69) is 23.5 Å². The number of carbonyl (C=O) groups excluding carboxylic acids is 1. The Bertz CT molecular complexity index is 1230. The van der Waals surface area contributed by atoms with Gasteiger partial charge < -0.3 is 14.8 Å². The molecule has 5 nitrogen and oxygen atoms in total. The van der Waals surface area contributed by atoms with Crippen LogP contribution in [0.4, 0.5) is 11.4 Å². The molecule has 1 N–H and O–H groups in total. The van der Waals surface area contributed by atoms with E-state index >= 15 is 0 Å². The molecule has 5 heteroatoms. The molecule has 0 spiro atoms.